The predicted molar refractivity (Wildman–Crippen MR) is 70.5 cm³/mol. The molecule has 1 saturated heterocycles. The molecule has 0 saturated carbocycles. The third kappa shape index (κ3) is 3.65. The fourth-order valence-electron chi connectivity index (χ4n) is 2.85. The lowest BCUT2D eigenvalue weighted by Gasteiger charge is -2.28. The van der Waals surface area contributed by atoms with Crippen LogP contribution in [0.5, 0.6) is 0 Å². The molecule has 1 aliphatic heterocycles. The second-order valence-electron chi connectivity index (χ2n) is 5.79. The van der Waals surface area contributed by atoms with Gasteiger partial charge in [-0.1, -0.05) is 33.1 Å². The van der Waals surface area contributed by atoms with Crippen LogP contribution in [0.1, 0.15) is 46.0 Å². The van der Waals surface area contributed by atoms with Gasteiger partial charge in [0.1, 0.15) is 0 Å². The summed E-state index contributed by atoms with van der Waals surface area (Å²) in [5.74, 6) is -1.39. The molecule has 6 heteroatoms. The van der Waals surface area contributed by atoms with E-state index in [0.717, 1.165) is 25.7 Å². The molecule has 0 aromatic rings. The molecule has 1 rings (SSSR count). The largest absolute Gasteiger partial charge is 0.481 e. The number of halogens is 3. The van der Waals surface area contributed by atoms with Crippen LogP contribution in [-0.2, 0) is 4.79 Å². The Morgan fingerprint density at radius 2 is 2.05 bits per heavy atom. The second-order valence-corrected chi connectivity index (χ2v) is 5.79. The van der Waals surface area contributed by atoms with E-state index < -0.39 is 24.1 Å². The van der Waals surface area contributed by atoms with Gasteiger partial charge in [-0.25, -0.2) is 0 Å². The summed E-state index contributed by atoms with van der Waals surface area (Å²) in [5, 5.41) is 9.00. The minimum atomic E-state index is -4.68. The number of carbonyl (C=O) groups is 1. The highest BCUT2D eigenvalue weighted by molar-refractivity contribution is 5.76. The third-order valence-electron chi connectivity index (χ3n) is 4.36. The van der Waals surface area contributed by atoms with Gasteiger partial charge in [-0.2, -0.15) is 13.2 Å². The minimum absolute atomic E-state index is 0.217. The molecule has 20 heavy (non-hydrogen) atoms. The third-order valence-corrected chi connectivity index (χ3v) is 4.36. The standard InChI is InChI=1S/C14H24F3NO2/c1-3-5-6-11(4-2)9-18-8-7-13(10-18,12(19)20)14(15,16)17/h11H,3-10H2,1-2H3,(H,19,20). The van der Waals surface area contributed by atoms with Crippen molar-refractivity contribution in [3.05, 3.63) is 0 Å². The Morgan fingerprint density at radius 1 is 1.40 bits per heavy atom. The van der Waals surface area contributed by atoms with E-state index in [1.54, 1.807) is 4.90 Å². The van der Waals surface area contributed by atoms with Gasteiger partial charge in [0.2, 0.25) is 0 Å². The van der Waals surface area contributed by atoms with Crippen LogP contribution in [0.3, 0.4) is 0 Å². The van der Waals surface area contributed by atoms with E-state index in [2.05, 4.69) is 6.92 Å². The van der Waals surface area contributed by atoms with Crippen LogP contribution in [0, 0.1) is 11.3 Å². The Labute approximate surface area is 118 Å². The maximum absolute atomic E-state index is 13.1. The van der Waals surface area contributed by atoms with Crippen LogP contribution in [0.25, 0.3) is 0 Å². The quantitative estimate of drug-likeness (QED) is 0.781. The van der Waals surface area contributed by atoms with Crippen LogP contribution in [0.4, 0.5) is 13.2 Å². The maximum atomic E-state index is 13.1. The Kier molecular flexibility index (Phi) is 5.86. The Morgan fingerprint density at radius 3 is 2.45 bits per heavy atom. The van der Waals surface area contributed by atoms with Crippen molar-refractivity contribution in [2.45, 2.75) is 52.1 Å². The van der Waals surface area contributed by atoms with Gasteiger partial charge in [0, 0.05) is 13.1 Å². The topological polar surface area (TPSA) is 40.5 Å². The number of alkyl halides is 3. The molecule has 118 valence electrons. The van der Waals surface area contributed by atoms with Crippen LogP contribution < -0.4 is 0 Å². The molecule has 2 atom stereocenters. The number of likely N-dealkylation sites (tertiary alicyclic amines) is 1. The second kappa shape index (κ2) is 6.78. The van der Waals surface area contributed by atoms with Gasteiger partial charge in [-0.15, -0.1) is 0 Å². The van der Waals surface area contributed by atoms with Gasteiger partial charge < -0.3 is 10.0 Å². The first kappa shape index (κ1) is 17.3. The summed E-state index contributed by atoms with van der Waals surface area (Å²) in [5.41, 5.74) is -2.57. The lowest BCUT2D eigenvalue weighted by Crippen LogP contribution is -2.47. The number of aliphatic carboxylic acids is 1. The van der Waals surface area contributed by atoms with E-state index in [9.17, 15) is 18.0 Å². The number of unbranched alkanes of at least 4 members (excludes halogenated alkanes) is 1. The van der Waals surface area contributed by atoms with E-state index in [4.69, 9.17) is 5.11 Å². The van der Waals surface area contributed by atoms with E-state index in [1.807, 2.05) is 6.92 Å². The van der Waals surface area contributed by atoms with Crippen LogP contribution >= 0.6 is 0 Å². The van der Waals surface area contributed by atoms with Crippen LogP contribution in [0.15, 0.2) is 0 Å². The van der Waals surface area contributed by atoms with E-state index in [1.165, 1.54) is 0 Å². The Hall–Kier alpha value is -0.780. The van der Waals surface area contributed by atoms with Gasteiger partial charge in [-0.3, -0.25) is 4.79 Å². The average Bonchev–Trinajstić information content (AvgIpc) is 2.79. The number of rotatable bonds is 7. The zero-order valence-corrected chi connectivity index (χ0v) is 12.2. The number of hydrogen-bond acceptors (Lipinski definition) is 2. The first-order valence-electron chi connectivity index (χ1n) is 7.29. The van der Waals surface area contributed by atoms with Crippen molar-refractivity contribution in [2.24, 2.45) is 11.3 Å². The molecule has 1 aliphatic rings. The zero-order chi connectivity index (χ0) is 15.4. The molecular weight excluding hydrogens is 271 g/mol. The van der Waals surface area contributed by atoms with Crippen molar-refractivity contribution < 1.29 is 23.1 Å². The number of carboxylic acids is 1. The van der Waals surface area contributed by atoms with Crippen molar-refractivity contribution in [3.63, 3.8) is 0 Å². The van der Waals surface area contributed by atoms with Gasteiger partial charge >= 0.3 is 12.1 Å². The minimum Gasteiger partial charge on any atom is -0.481 e. The smallest absolute Gasteiger partial charge is 0.406 e. The van der Waals surface area contributed by atoms with E-state index >= 15 is 0 Å². The van der Waals surface area contributed by atoms with Gasteiger partial charge in [0.05, 0.1) is 0 Å². The van der Waals surface area contributed by atoms with E-state index in [0.29, 0.717) is 12.5 Å². The summed E-state index contributed by atoms with van der Waals surface area (Å²) in [6, 6.07) is 0. The molecule has 0 radical (unpaired) electrons. The highest BCUT2D eigenvalue weighted by Gasteiger charge is 2.63. The molecule has 1 heterocycles. The van der Waals surface area contributed by atoms with Crippen molar-refractivity contribution in [2.75, 3.05) is 19.6 Å². The highest BCUT2D eigenvalue weighted by Crippen LogP contribution is 2.45. The van der Waals surface area contributed by atoms with Gasteiger partial charge in [0.15, 0.2) is 5.41 Å². The van der Waals surface area contributed by atoms with E-state index in [-0.39, 0.29) is 13.0 Å². The van der Waals surface area contributed by atoms with Crippen LogP contribution in [0.2, 0.25) is 0 Å². The molecule has 0 aliphatic carbocycles. The fourth-order valence-corrected chi connectivity index (χ4v) is 2.85. The lowest BCUT2D eigenvalue weighted by atomic mass is 9.86. The summed E-state index contributed by atoms with van der Waals surface area (Å²) in [7, 11) is 0. The Bertz CT molecular complexity index is 333. The molecule has 0 aromatic heterocycles. The maximum Gasteiger partial charge on any atom is 0.406 e. The first-order chi connectivity index (χ1) is 9.26. The molecule has 2 unspecified atom stereocenters. The summed E-state index contributed by atoms with van der Waals surface area (Å²) in [6.45, 7) is 4.50. The predicted octanol–water partition coefficient (Wildman–Crippen LogP) is 3.54. The molecule has 3 nitrogen and oxygen atoms in total. The fraction of sp³-hybridized carbons (Fsp3) is 0.929. The van der Waals surface area contributed by atoms with Crippen LogP contribution in [-0.4, -0.2) is 41.8 Å². The molecule has 1 fully saturated rings. The first-order valence-corrected chi connectivity index (χ1v) is 7.29. The molecule has 0 amide bonds. The molecule has 0 aromatic carbocycles. The molecule has 0 bridgehead atoms. The molecule has 0 spiro atoms. The number of carboxylic acid groups (broad SMARTS) is 1. The van der Waals surface area contributed by atoms with Gasteiger partial charge in [0.25, 0.3) is 0 Å². The number of nitrogens with zero attached hydrogens (tertiary/aromatic N) is 1. The Balaban J connectivity index is 2.67. The average molecular weight is 295 g/mol. The summed E-state index contributed by atoms with van der Waals surface area (Å²) < 4.78 is 39.2. The SMILES string of the molecule is CCCCC(CC)CN1CCC(C(=O)O)(C(F)(F)F)C1. The lowest BCUT2D eigenvalue weighted by molar-refractivity contribution is -0.227. The van der Waals surface area contributed by atoms with Crippen molar-refractivity contribution >= 4 is 5.97 Å². The van der Waals surface area contributed by atoms with Gasteiger partial charge in [-0.05, 0) is 25.3 Å². The summed E-state index contributed by atoms with van der Waals surface area (Å²) in [6.07, 6.45) is -0.971. The molecule has 1 N–H and O–H groups in total. The highest BCUT2D eigenvalue weighted by atomic mass is 19.4. The normalized spacial score (nSPS) is 25.9. The zero-order valence-electron chi connectivity index (χ0n) is 12.2. The van der Waals surface area contributed by atoms with Crippen molar-refractivity contribution in [1.82, 2.24) is 4.90 Å². The van der Waals surface area contributed by atoms with Crippen molar-refractivity contribution in [3.8, 4) is 0 Å². The summed E-state index contributed by atoms with van der Waals surface area (Å²) >= 11 is 0. The summed E-state index contributed by atoms with van der Waals surface area (Å²) in [4.78, 5) is 12.8. The monoisotopic (exact) mass is 295 g/mol. The number of hydrogen-bond donors (Lipinski definition) is 1. The van der Waals surface area contributed by atoms with Crippen molar-refractivity contribution in [1.29, 1.82) is 0 Å². The molecular formula is C14H24F3NO2.